The fourth-order valence-corrected chi connectivity index (χ4v) is 2.11. The van der Waals surface area contributed by atoms with Gasteiger partial charge < -0.3 is 9.47 Å². The van der Waals surface area contributed by atoms with Gasteiger partial charge in [0.15, 0.2) is 0 Å². The largest absolute Gasteiger partial charge is 0.573 e. The number of carbonyl (C=O) groups excluding carboxylic acids is 1. The maximum atomic E-state index is 12.3. The van der Waals surface area contributed by atoms with Crippen molar-refractivity contribution in [1.29, 1.82) is 0 Å². The highest BCUT2D eigenvalue weighted by Gasteiger charge is 2.31. The molecule has 0 aliphatic rings. The third-order valence-corrected chi connectivity index (χ3v) is 2.95. The van der Waals surface area contributed by atoms with Gasteiger partial charge in [0.1, 0.15) is 10.9 Å². The topological polar surface area (TPSA) is 48.4 Å². The lowest BCUT2D eigenvalue weighted by molar-refractivity contribution is -0.274. The van der Waals surface area contributed by atoms with Gasteiger partial charge >= 0.3 is 12.3 Å². The minimum absolute atomic E-state index is 0.0351. The van der Waals surface area contributed by atoms with Crippen LogP contribution in [0.5, 0.6) is 5.75 Å². The van der Waals surface area contributed by atoms with Crippen LogP contribution in [0, 0.1) is 0 Å². The summed E-state index contributed by atoms with van der Waals surface area (Å²) < 4.78 is 45.3. The summed E-state index contributed by atoms with van der Waals surface area (Å²) in [7, 11) is 1.18. The second-order valence-electron chi connectivity index (χ2n) is 4.09. The summed E-state index contributed by atoms with van der Waals surface area (Å²) in [4.78, 5) is 15.6. The molecule has 8 heteroatoms. The number of carbonyl (C=O) groups is 1. The van der Waals surface area contributed by atoms with Crippen LogP contribution in [0.25, 0.3) is 11.1 Å². The van der Waals surface area contributed by atoms with Gasteiger partial charge in [-0.2, -0.15) is 0 Å². The number of pyridine rings is 1. The van der Waals surface area contributed by atoms with E-state index in [1.807, 2.05) is 0 Å². The van der Waals surface area contributed by atoms with Gasteiger partial charge in [-0.1, -0.05) is 23.7 Å². The van der Waals surface area contributed by atoms with Crippen LogP contribution in [0.1, 0.15) is 10.4 Å². The van der Waals surface area contributed by atoms with Gasteiger partial charge in [-0.3, -0.25) is 0 Å². The highest BCUT2D eigenvalue weighted by molar-refractivity contribution is 6.33. The number of halogens is 4. The van der Waals surface area contributed by atoms with Crippen molar-refractivity contribution in [2.45, 2.75) is 6.36 Å². The SMILES string of the molecule is COC(=O)c1ccnc(Cl)c1-c1cccc(OC(F)(F)F)c1. The van der Waals surface area contributed by atoms with E-state index in [0.29, 0.717) is 0 Å². The molecule has 0 radical (unpaired) electrons. The molecular formula is C14H9ClF3NO3. The molecule has 0 aliphatic carbocycles. The van der Waals surface area contributed by atoms with Crippen molar-refractivity contribution in [2.24, 2.45) is 0 Å². The molecule has 0 saturated carbocycles. The van der Waals surface area contributed by atoms with Gasteiger partial charge in [0, 0.05) is 11.8 Å². The Bertz CT molecular complexity index is 704. The molecule has 2 aromatic rings. The Labute approximate surface area is 128 Å². The average Bonchev–Trinajstić information content (AvgIpc) is 2.44. The zero-order chi connectivity index (χ0) is 16.3. The summed E-state index contributed by atoms with van der Waals surface area (Å²) in [6.07, 6.45) is -3.52. The van der Waals surface area contributed by atoms with E-state index in [4.69, 9.17) is 11.6 Å². The lowest BCUT2D eigenvalue weighted by Gasteiger charge is -2.12. The number of esters is 1. The van der Waals surface area contributed by atoms with E-state index in [2.05, 4.69) is 14.5 Å². The molecule has 0 fully saturated rings. The van der Waals surface area contributed by atoms with Gasteiger partial charge in [0.2, 0.25) is 0 Å². The van der Waals surface area contributed by atoms with E-state index < -0.39 is 18.1 Å². The van der Waals surface area contributed by atoms with E-state index in [1.165, 1.54) is 31.5 Å². The molecule has 1 aromatic carbocycles. The first-order valence-corrected chi connectivity index (χ1v) is 6.28. The number of benzene rings is 1. The lowest BCUT2D eigenvalue weighted by atomic mass is 10.0. The Kier molecular flexibility index (Phi) is 4.56. The zero-order valence-corrected chi connectivity index (χ0v) is 11.9. The number of hydrogen-bond acceptors (Lipinski definition) is 4. The molecule has 0 atom stereocenters. The number of alkyl halides is 3. The molecule has 22 heavy (non-hydrogen) atoms. The fourth-order valence-electron chi connectivity index (χ4n) is 1.84. The highest BCUT2D eigenvalue weighted by atomic mass is 35.5. The molecule has 1 aromatic heterocycles. The van der Waals surface area contributed by atoms with Crippen molar-refractivity contribution >= 4 is 17.6 Å². The Morgan fingerprint density at radius 2 is 2.00 bits per heavy atom. The van der Waals surface area contributed by atoms with Crippen molar-refractivity contribution in [3.63, 3.8) is 0 Å². The molecule has 1 heterocycles. The number of hydrogen-bond donors (Lipinski definition) is 0. The van der Waals surface area contributed by atoms with E-state index in [1.54, 1.807) is 0 Å². The molecule has 0 unspecified atom stereocenters. The van der Waals surface area contributed by atoms with Crippen molar-refractivity contribution in [3.05, 3.63) is 47.2 Å². The number of ether oxygens (including phenoxy) is 2. The Hall–Kier alpha value is -2.28. The van der Waals surface area contributed by atoms with Crippen molar-refractivity contribution in [3.8, 4) is 16.9 Å². The average molecular weight is 332 g/mol. The van der Waals surface area contributed by atoms with E-state index >= 15 is 0 Å². The number of methoxy groups -OCH3 is 1. The standard InChI is InChI=1S/C14H9ClF3NO3/c1-21-13(20)10-5-6-19-12(15)11(10)8-3-2-4-9(7-8)22-14(16,17)18/h2-7H,1H3. The number of nitrogens with zero attached hydrogens (tertiary/aromatic N) is 1. The van der Waals surface area contributed by atoms with Gasteiger partial charge in [0.05, 0.1) is 12.7 Å². The minimum Gasteiger partial charge on any atom is -0.465 e. The predicted octanol–water partition coefficient (Wildman–Crippen LogP) is 4.09. The van der Waals surface area contributed by atoms with E-state index in [9.17, 15) is 18.0 Å². The molecule has 2 rings (SSSR count). The first kappa shape index (κ1) is 16.1. The second kappa shape index (κ2) is 6.23. The van der Waals surface area contributed by atoms with Crippen molar-refractivity contribution < 1.29 is 27.4 Å². The van der Waals surface area contributed by atoms with Gasteiger partial charge in [-0.15, -0.1) is 13.2 Å². The number of rotatable bonds is 3. The summed E-state index contributed by atoms with van der Waals surface area (Å²) in [5, 5.41) is -0.0351. The Balaban J connectivity index is 2.53. The molecule has 0 aliphatic heterocycles. The first-order chi connectivity index (χ1) is 10.3. The summed E-state index contributed by atoms with van der Waals surface area (Å²) in [5.41, 5.74) is 0.510. The maximum Gasteiger partial charge on any atom is 0.573 e. The van der Waals surface area contributed by atoms with E-state index in [-0.39, 0.29) is 21.8 Å². The van der Waals surface area contributed by atoms with Crippen LogP contribution in [0.4, 0.5) is 13.2 Å². The quantitative estimate of drug-likeness (QED) is 0.628. The maximum absolute atomic E-state index is 12.3. The smallest absolute Gasteiger partial charge is 0.465 e. The third kappa shape index (κ3) is 3.67. The van der Waals surface area contributed by atoms with Crippen LogP contribution >= 0.6 is 11.6 Å². The molecule has 0 spiro atoms. The second-order valence-corrected chi connectivity index (χ2v) is 4.45. The Morgan fingerprint density at radius 3 is 2.64 bits per heavy atom. The molecular weight excluding hydrogens is 323 g/mol. The highest BCUT2D eigenvalue weighted by Crippen LogP contribution is 2.33. The van der Waals surface area contributed by atoms with Crippen LogP contribution < -0.4 is 4.74 Å². The summed E-state index contributed by atoms with van der Waals surface area (Å²) >= 11 is 5.97. The van der Waals surface area contributed by atoms with Crippen LogP contribution in [0.2, 0.25) is 5.15 Å². The van der Waals surface area contributed by atoms with Crippen LogP contribution in [-0.4, -0.2) is 24.4 Å². The summed E-state index contributed by atoms with van der Waals surface area (Å²) in [6, 6.07) is 6.45. The third-order valence-electron chi connectivity index (χ3n) is 2.67. The van der Waals surface area contributed by atoms with Gasteiger partial charge in [0.25, 0.3) is 0 Å². The van der Waals surface area contributed by atoms with Crippen molar-refractivity contribution in [1.82, 2.24) is 4.98 Å². The molecule has 116 valence electrons. The van der Waals surface area contributed by atoms with Gasteiger partial charge in [-0.25, -0.2) is 9.78 Å². The van der Waals surface area contributed by atoms with Crippen molar-refractivity contribution in [2.75, 3.05) is 7.11 Å². The molecule has 4 nitrogen and oxygen atoms in total. The lowest BCUT2D eigenvalue weighted by Crippen LogP contribution is -2.17. The summed E-state index contributed by atoms with van der Waals surface area (Å²) in [5.74, 6) is -1.11. The van der Waals surface area contributed by atoms with Gasteiger partial charge in [-0.05, 0) is 23.8 Å². The molecule has 0 bridgehead atoms. The minimum atomic E-state index is -4.82. The normalized spacial score (nSPS) is 11.1. The summed E-state index contributed by atoms with van der Waals surface area (Å²) in [6.45, 7) is 0. The molecule has 0 amide bonds. The molecule has 0 saturated heterocycles. The number of aromatic nitrogens is 1. The fraction of sp³-hybridized carbons (Fsp3) is 0.143. The molecule has 0 N–H and O–H groups in total. The van der Waals surface area contributed by atoms with Crippen LogP contribution in [-0.2, 0) is 4.74 Å². The predicted molar refractivity (Wildman–Crippen MR) is 72.7 cm³/mol. The Morgan fingerprint density at radius 1 is 1.27 bits per heavy atom. The monoisotopic (exact) mass is 331 g/mol. The first-order valence-electron chi connectivity index (χ1n) is 5.91. The zero-order valence-electron chi connectivity index (χ0n) is 11.1. The van der Waals surface area contributed by atoms with E-state index in [0.717, 1.165) is 12.1 Å². The van der Waals surface area contributed by atoms with Crippen LogP contribution in [0.3, 0.4) is 0 Å². The van der Waals surface area contributed by atoms with Crippen LogP contribution in [0.15, 0.2) is 36.5 Å².